The van der Waals surface area contributed by atoms with Crippen LogP contribution in [0.2, 0.25) is 0 Å². The second-order valence-electron chi connectivity index (χ2n) is 3.73. The van der Waals surface area contributed by atoms with Crippen LogP contribution in [0.1, 0.15) is 22.8 Å². The lowest BCUT2D eigenvalue weighted by atomic mass is 10.1. The van der Waals surface area contributed by atoms with Crippen molar-refractivity contribution in [3.63, 3.8) is 0 Å². The van der Waals surface area contributed by atoms with E-state index in [1.807, 2.05) is 0 Å². The lowest BCUT2D eigenvalue weighted by Gasteiger charge is -2.11. The minimum atomic E-state index is -0.971. The van der Waals surface area contributed by atoms with Crippen LogP contribution in [0.5, 0.6) is 0 Å². The van der Waals surface area contributed by atoms with Crippen LogP contribution < -0.4 is 10.6 Å². The van der Waals surface area contributed by atoms with Crippen molar-refractivity contribution in [3.05, 3.63) is 35.4 Å². The number of rotatable bonds is 5. The largest absolute Gasteiger partial charge is 0.478 e. The Morgan fingerprint density at radius 1 is 1.41 bits per heavy atom. The molecular formula is C12H16N2O3. The number of nitrogens with one attached hydrogen (secondary N) is 2. The summed E-state index contributed by atoms with van der Waals surface area (Å²) in [7, 11) is 1.70. The number of hydrogen-bond donors (Lipinski definition) is 3. The van der Waals surface area contributed by atoms with Gasteiger partial charge in [0, 0.05) is 6.54 Å². The number of benzene rings is 1. The molecule has 0 radical (unpaired) electrons. The molecular weight excluding hydrogens is 220 g/mol. The van der Waals surface area contributed by atoms with Crippen molar-refractivity contribution in [3.8, 4) is 0 Å². The molecule has 0 bridgehead atoms. The van der Waals surface area contributed by atoms with E-state index in [1.54, 1.807) is 32.2 Å². The fraction of sp³-hybridized carbons (Fsp3) is 0.333. The minimum absolute atomic E-state index is 0.117. The van der Waals surface area contributed by atoms with E-state index in [0.717, 1.165) is 5.56 Å². The van der Waals surface area contributed by atoms with Crippen molar-refractivity contribution in [2.24, 2.45) is 0 Å². The van der Waals surface area contributed by atoms with E-state index in [1.165, 1.54) is 6.07 Å². The topological polar surface area (TPSA) is 78.4 Å². The van der Waals surface area contributed by atoms with Crippen molar-refractivity contribution in [2.45, 2.75) is 19.5 Å². The summed E-state index contributed by atoms with van der Waals surface area (Å²) in [5.74, 6) is -1.09. The number of carboxylic acid groups (broad SMARTS) is 1. The summed E-state index contributed by atoms with van der Waals surface area (Å²) in [5.41, 5.74) is 0.986. The first-order valence-corrected chi connectivity index (χ1v) is 5.32. The van der Waals surface area contributed by atoms with E-state index in [9.17, 15) is 9.59 Å². The summed E-state index contributed by atoms with van der Waals surface area (Å²) >= 11 is 0. The van der Waals surface area contributed by atoms with E-state index >= 15 is 0 Å². The lowest BCUT2D eigenvalue weighted by Crippen LogP contribution is -2.40. The van der Waals surface area contributed by atoms with Gasteiger partial charge >= 0.3 is 5.97 Å². The van der Waals surface area contributed by atoms with Gasteiger partial charge in [-0.2, -0.15) is 0 Å². The van der Waals surface area contributed by atoms with Crippen molar-refractivity contribution < 1.29 is 14.7 Å². The molecule has 0 saturated heterocycles. The van der Waals surface area contributed by atoms with E-state index in [2.05, 4.69) is 10.6 Å². The average molecular weight is 236 g/mol. The van der Waals surface area contributed by atoms with Crippen LogP contribution in [0.25, 0.3) is 0 Å². The Morgan fingerprint density at radius 2 is 2.12 bits per heavy atom. The van der Waals surface area contributed by atoms with Gasteiger partial charge in [-0.15, -0.1) is 0 Å². The zero-order valence-corrected chi connectivity index (χ0v) is 9.86. The zero-order chi connectivity index (χ0) is 12.8. The summed E-state index contributed by atoms with van der Waals surface area (Å²) in [4.78, 5) is 22.2. The van der Waals surface area contributed by atoms with Gasteiger partial charge in [0.1, 0.15) is 0 Å². The van der Waals surface area contributed by atoms with Crippen LogP contribution in [-0.2, 0) is 11.3 Å². The Labute approximate surface area is 99.8 Å². The number of amides is 1. The first-order chi connectivity index (χ1) is 8.04. The lowest BCUT2D eigenvalue weighted by molar-refractivity contribution is -0.122. The van der Waals surface area contributed by atoms with Gasteiger partial charge in [-0.25, -0.2) is 4.79 Å². The maximum atomic E-state index is 11.5. The second-order valence-corrected chi connectivity index (χ2v) is 3.73. The van der Waals surface area contributed by atoms with Gasteiger partial charge < -0.3 is 15.7 Å². The monoisotopic (exact) mass is 236 g/mol. The highest BCUT2D eigenvalue weighted by molar-refractivity contribution is 5.87. The summed E-state index contributed by atoms with van der Waals surface area (Å²) in [6.07, 6.45) is 0. The maximum absolute atomic E-state index is 11.5. The summed E-state index contributed by atoms with van der Waals surface area (Å²) < 4.78 is 0. The summed E-state index contributed by atoms with van der Waals surface area (Å²) in [5, 5.41) is 14.4. The average Bonchev–Trinajstić information content (AvgIpc) is 2.35. The highest BCUT2D eigenvalue weighted by Crippen LogP contribution is 2.05. The Hall–Kier alpha value is -1.88. The zero-order valence-electron chi connectivity index (χ0n) is 9.86. The fourth-order valence-electron chi connectivity index (χ4n) is 1.29. The Kier molecular flexibility index (Phi) is 4.66. The molecule has 0 spiro atoms. The minimum Gasteiger partial charge on any atom is -0.478 e. The molecule has 1 atom stereocenters. The number of hydrogen-bond acceptors (Lipinski definition) is 3. The molecule has 1 unspecified atom stereocenters. The molecule has 1 rings (SSSR count). The SMILES string of the molecule is CNC(C)C(=O)NCc1cccc(C(=O)O)c1. The van der Waals surface area contributed by atoms with Gasteiger partial charge in [0.25, 0.3) is 0 Å². The summed E-state index contributed by atoms with van der Waals surface area (Å²) in [6, 6.07) is 6.23. The molecule has 92 valence electrons. The van der Waals surface area contributed by atoms with Gasteiger partial charge in [0.2, 0.25) is 5.91 Å². The van der Waals surface area contributed by atoms with Crippen LogP contribution in [0.3, 0.4) is 0 Å². The van der Waals surface area contributed by atoms with Crippen LogP contribution in [-0.4, -0.2) is 30.1 Å². The number of likely N-dealkylation sites (N-methyl/N-ethyl adjacent to an activating group) is 1. The van der Waals surface area contributed by atoms with Crippen LogP contribution >= 0.6 is 0 Å². The molecule has 3 N–H and O–H groups in total. The molecule has 0 aliphatic rings. The van der Waals surface area contributed by atoms with Gasteiger partial charge in [-0.3, -0.25) is 4.79 Å². The van der Waals surface area contributed by atoms with Crippen LogP contribution in [0.15, 0.2) is 24.3 Å². The number of carbonyl (C=O) groups is 2. The molecule has 0 fully saturated rings. The second kappa shape index (κ2) is 6.00. The third-order valence-electron chi connectivity index (χ3n) is 2.47. The van der Waals surface area contributed by atoms with Gasteiger partial charge in [-0.1, -0.05) is 12.1 Å². The van der Waals surface area contributed by atoms with Crippen molar-refractivity contribution in [1.82, 2.24) is 10.6 Å². The summed E-state index contributed by atoms with van der Waals surface area (Å²) in [6.45, 7) is 2.08. The number of aromatic carboxylic acids is 1. The number of carbonyl (C=O) groups excluding carboxylic acids is 1. The molecule has 1 amide bonds. The molecule has 5 heteroatoms. The normalized spacial score (nSPS) is 11.9. The molecule has 5 nitrogen and oxygen atoms in total. The van der Waals surface area contributed by atoms with Crippen LogP contribution in [0, 0.1) is 0 Å². The Morgan fingerprint density at radius 3 is 2.71 bits per heavy atom. The molecule has 1 aromatic carbocycles. The Balaban J connectivity index is 2.60. The van der Waals surface area contributed by atoms with Crippen LogP contribution in [0.4, 0.5) is 0 Å². The third-order valence-corrected chi connectivity index (χ3v) is 2.47. The Bertz CT molecular complexity index is 418. The molecule has 0 heterocycles. The van der Waals surface area contributed by atoms with E-state index in [-0.39, 0.29) is 17.5 Å². The molecule has 1 aromatic rings. The van der Waals surface area contributed by atoms with E-state index in [0.29, 0.717) is 6.54 Å². The molecule has 17 heavy (non-hydrogen) atoms. The fourth-order valence-corrected chi connectivity index (χ4v) is 1.29. The quantitative estimate of drug-likeness (QED) is 0.700. The smallest absolute Gasteiger partial charge is 0.335 e. The third kappa shape index (κ3) is 3.88. The van der Waals surface area contributed by atoms with Crippen molar-refractivity contribution in [1.29, 1.82) is 0 Å². The predicted octanol–water partition coefficient (Wildman–Crippen LogP) is 0.609. The molecule has 0 aliphatic heterocycles. The molecule has 0 aromatic heterocycles. The molecule has 0 saturated carbocycles. The van der Waals surface area contributed by atoms with Crippen molar-refractivity contribution >= 4 is 11.9 Å². The number of carboxylic acids is 1. The highest BCUT2D eigenvalue weighted by Gasteiger charge is 2.09. The first-order valence-electron chi connectivity index (χ1n) is 5.32. The maximum Gasteiger partial charge on any atom is 0.335 e. The van der Waals surface area contributed by atoms with Gasteiger partial charge in [-0.05, 0) is 31.7 Å². The van der Waals surface area contributed by atoms with E-state index in [4.69, 9.17) is 5.11 Å². The van der Waals surface area contributed by atoms with E-state index < -0.39 is 5.97 Å². The first kappa shape index (κ1) is 13.2. The van der Waals surface area contributed by atoms with Gasteiger partial charge in [0.15, 0.2) is 0 Å². The predicted molar refractivity (Wildman–Crippen MR) is 63.8 cm³/mol. The molecule has 0 aliphatic carbocycles. The highest BCUT2D eigenvalue weighted by atomic mass is 16.4. The van der Waals surface area contributed by atoms with Gasteiger partial charge in [0.05, 0.1) is 11.6 Å². The van der Waals surface area contributed by atoms with Crippen molar-refractivity contribution in [2.75, 3.05) is 7.05 Å². The standard InChI is InChI=1S/C12H16N2O3/c1-8(13-2)11(15)14-7-9-4-3-5-10(6-9)12(16)17/h3-6,8,13H,7H2,1-2H3,(H,14,15)(H,16,17).